The van der Waals surface area contributed by atoms with Crippen molar-refractivity contribution >= 4 is 6.98 Å². The van der Waals surface area contributed by atoms with Crippen LogP contribution in [0.2, 0.25) is 0 Å². The van der Waals surface area contributed by atoms with Gasteiger partial charge in [-0.25, -0.2) is 4.98 Å². The number of halogens is 3. The van der Waals surface area contributed by atoms with Crippen LogP contribution in [0.4, 0.5) is 12.9 Å². The number of nitrogens with zero attached hydrogens (tertiary/aromatic N) is 2. The minimum atomic E-state index is -4.96. The van der Waals surface area contributed by atoms with Gasteiger partial charge in [0.2, 0.25) is 0 Å². The van der Waals surface area contributed by atoms with Crippen LogP contribution in [0.3, 0.4) is 0 Å². The molecule has 2 nitrogen and oxygen atoms in total. The maximum atomic E-state index is 12.3. The van der Waals surface area contributed by atoms with E-state index in [0.29, 0.717) is 5.82 Å². The van der Waals surface area contributed by atoms with Crippen molar-refractivity contribution in [3.63, 3.8) is 0 Å². The highest BCUT2D eigenvalue weighted by Crippen LogP contribution is 2.21. The SMILES string of the molecule is C=C(Cn1ccnc1C(C)C)[B-](F)(F)F. The average molecular weight is 217 g/mol. The van der Waals surface area contributed by atoms with Gasteiger partial charge in [0.25, 0.3) is 0 Å². The van der Waals surface area contributed by atoms with Crippen LogP contribution in [0.1, 0.15) is 25.6 Å². The maximum absolute atomic E-state index is 12.3. The van der Waals surface area contributed by atoms with Crippen LogP contribution in [0.25, 0.3) is 0 Å². The van der Waals surface area contributed by atoms with Gasteiger partial charge < -0.3 is 17.5 Å². The number of hydrogen-bond donors (Lipinski definition) is 0. The summed E-state index contributed by atoms with van der Waals surface area (Å²) in [4.78, 5) is 4.01. The lowest BCUT2D eigenvalue weighted by atomic mass is 9.80. The second-order valence-corrected chi connectivity index (χ2v) is 3.80. The Morgan fingerprint density at radius 1 is 1.53 bits per heavy atom. The molecule has 0 fully saturated rings. The Kier molecular flexibility index (Phi) is 3.26. The summed E-state index contributed by atoms with van der Waals surface area (Å²) in [6.45, 7) is 1.65. The fourth-order valence-corrected chi connectivity index (χ4v) is 1.28. The van der Waals surface area contributed by atoms with Gasteiger partial charge in [-0.05, 0) is 0 Å². The van der Waals surface area contributed by atoms with Crippen LogP contribution < -0.4 is 0 Å². The quantitative estimate of drug-likeness (QED) is 0.709. The molecule has 15 heavy (non-hydrogen) atoms. The third kappa shape index (κ3) is 2.87. The highest BCUT2D eigenvalue weighted by molar-refractivity contribution is 6.66. The largest absolute Gasteiger partial charge is 0.506 e. The first-order valence-corrected chi connectivity index (χ1v) is 4.71. The summed E-state index contributed by atoms with van der Waals surface area (Å²) in [5.41, 5.74) is -0.699. The zero-order valence-corrected chi connectivity index (χ0v) is 8.75. The lowest BCUT2D eigenvalue weighted by Crippen LogP contribution is -2.23. The van der Waals surface area contributed by atoms with Crippen LogP contribution in [-0.2, 0) is 6.54 Å². The van der Waals surface area contributed by atoms with Gasteiger partial charge in [-0.3, -0.25) is 0 Å². The Labute approximate surface area is 86.9 Å². The summed E-state index contributed by atoms with van der Waals surface area (Å²) in [5, 5.41) is 0. The van der Waals surface area contributed by atoms with E-state index < -0.39 is 12.4 Å². The molecule has 0 bridgehead atoms. The molecule has 0 saturated carbocycles. The van der Waals surface area contributed by atoms with Crippen LogP contribution in [0.15, 0.2) is 24.4 Å². The van der Waals surface area contributed by atoms with Crippen molar-refractivity contribution in [2.75, 3.05) is 0 Å². The smallest absolute Gasteiger partial charge is 0.445 e. The molecule has 6 heteroatoms. The number of allylic oxidation sites excluding steroid dienone is 1. The van der Waals surface area contributed by atoms with E-state index in [1.54, 1.807) is 6.20 Å². The molecule has 0 atom stereocenters. The monoisotopic (exact) mass is 217 g/mol. The molecule has 0 aliphatic carbocycles. The van der Waals surface area contributed by atoms with Crippen molar-refractivity contribution in [3.8, 4) is 0 Å². The molecule has 1 heterocycles. The zero-order valence-electron chi connectivity index (χ0n) is 8.75. The Bertz CT molecular complexity index is 354. The van der Waals surface area contributed by atoms with Gasteiger partial charge in [0.15, 0.2) is 0 Å². The summed E-state index contributed by atoms with van der Waals surface area (Å²) >= 11 is 0. The standard InChI is InChI=1S/C9H13BF3N2/c1-7(2)9-14-4-5-15(9)6-8(3)10(11,12)13/h4-5,7H,3,6H2,1-2H3/q-1. The predicted molar refractivity (Wildman–Crippen MR) is 54.5 cm³/mol. The first-order chi connectivity index (χ1) is 6.82. The van der Waals surface area contributed by atoms with Gasteiger partial charge in [0, 0.05) is 24.9 Å². The molecule has 0 unspecified atom stereocenters. The van der Waals surface area contributed by atoms with E-state index in [1.165, 1.54) is 10.8 Å². The van der Waals surface area contributed by atoms with Crippen molar-refractivity contribution in [2.24, 2.45) is 0 Å². The van der Waals surface area contributed by atoms with Crippen molar-refractivity contribution in [1.29, 1.82) is 0 Å². The van der Waals surface area contributed by atoms with E-state index in [4.69, 9.17) is 0 Å². The van der Waals surface area contributed by atoms with Gasteiger partial charge in [0.05, 0.1) is 0 Å². The van der Waals surface area contributed by atoms with E-state index in [-0.39, 0.29) is 12.5 Å². The molecule has 0 aliphatic rings. The third-order valence-electron chi connectivity index (χ3n) is 2.10. The number of imidazole rings is 1. The van der Waals surface area contributed by atoms with E-state index in [0.717, 1.165) is 0 Å². The summed E-state index contributed by atoms with van der Waals surface area (Å²) in [7, 11) is 0. The van der Waals surface area contributed by atoms with Gasteiger partial charge in [-0.1, -0.05) is 13.8 Å². The Morgan fingerprint density at radius 3 is 2.60 bits per heavy atom. The summed E-state index contributed by atoms with van der Waals surface area (Å²) in [5.74, 6) is 0.754. The van der Waals surface area contributed by atoms with E-state index >= 15 is 0 Å². The maximum Gasteiger partial charge on any atom is 0.506 e. The topological polar surface area (TPSA) is 17.8 Å². The van der Waals surface area contributed by atoms with Gasteiger partial charge in [-0.15, -0.1) is 12.1 Å². The Hall–Kier alpha value is -1.20. The van der Waals surface area contributed by atoms with Crippen molar-refractivity contribution in [3.05, 3.63) is 30.3 Å². The minimum Gasteiger partial charge on any atom is -0.445 e. The van der Waals surface area contributed by atoms with Crippen molar-refractivity contribution in [1.82, 2.24) is 9.55 Å². The van der Waals surface area contributed by atoms with Crippen LogP contribution in [0.5, 0.6) is 0 Å². The fourth-order valence-electron chi connectivity index (χ4n) is 1.28. The summed E-state index contributed by atoms with van der Waals surface area (Å²) in [6, 6.07) is 0. The molecule has 0 N–H and O–H groups in total. The average Bonchev–Trinajstić information content (AvgIpc) is 2.50. The highest BCUT2D eigenvalue weighted by atomic mass is 19.4. The lowest BCUT2D eigenvalue weighted by molar-refractivity contribution is 0.481. The number of aromatic nitrogens is 2. The third-order valence-corrected chi connectivity index (χ3v) is 2.10. The second kappa shape index (κ2) is 4.12. The minimum absolute atomic E-state index is 0.105. The van der Waals surface area contributed by atoms with Gasteiger partial charge in [0.1, 0.15) is 5.82 Å². The molecule has 1 rings (SSSR count). The first-order valence-electron chi connectivity index (χ1n) is 4.71. The molecule has 84 valence electrons. The Morgan fingerprint density at radius 2 is 2.13 bits per heavy atom. The molecule has 0 radical (unpaired) electrons. The van der Waals surface area contributed by atoms with E-state index in [2.05, 4.69) is 11.6 Å². The number of rotatable bonds is 4. The Balaban J connectivity index is 2.82. The van der Waals surface area contributed by atoms with E-state index in [9.17, 15) is 12.9 Å². The van der Waals surface area contributed by atoms with Crippen LogP contribution >= 0.6 is 0 Å². The van der Waals surface area contributed by atoms with Crippen molar-refractivity contribution < 1.29 is 12.9 Å². The molecule has 0 spiro atoms. The number of hydrogen-bond acceptors (Lipinski definition) is 1. The molecule has 0 aromatic carbocycles. The molecule has 0 aliphatic heterocycles. The lowest BCUT2D eigenvalue weighted by Gasteiger charge is -2.20. The molecule has 1 aromatic rings. The normalized spacial score (nSPS) is 12.1. The molecule has 0 saturated heterocycles. The molecule has 0 amide bonds. The second-order valence-electron chi connectivity index (χ2n) is 3.80. The predicted octanol–water partition coefficient (Wildman–Crippen LogP) is 2.95. The van der Waals surface area contributed by atoms with Crippen LogP contribution in [0, 0.1) is 0 Å². The van der Waals surface area contributed by atoms with Crippen molar-refractivity contribution in [2.45, 2.75) is 26.3 Å². The highest BCUT2D eigenvalue weighted by Gasteiger charge is 2.27. The zero-order chi connectivity index (χ0) is 11.6. The van der Waals surface area contributed by atoms with Gasteiger partial charge in [-0.2, -0.15) is 0 Å². The fraction of sp³-hybridized carbons (Fsp3) is 0.444. The summed E-state index contributed by atoms with van der Waals surface area (Å²) in [6.07, 6.45) is 3.05. The summed E-state index contributed by atoms with van der Waals surface area (Å²) < 4.78 is 38.4. The molecular formula is C9H13BF3N2-. The van der Waals surface area contributed by atoms with Gasteiger partial charge >= 0.3 is 6.98 Å². The molecular weight excluding hydrogens is 204 g/mol. The van der Waals surface area contributed by atoms with Crippen LogP contribution in [-0.4, -0.2) is 16.5 Å². The first kappa shape index (κ1) is 11.9. The van der Waals surface area contributed by atoms with E-state index in [1.807, 2.05) is 13.8 Å². The molecule has 1 aromatic heterocycles.